The summed E-state index contributed by atoms with van der Waals surface area (Å²) in [5.74, 6) is 0.369. The molecule has 9 heteroatoms. The van der Waals surface area contributed by atoms with Gasteiger partial charge in [0.1, 0.15) is 11.6 Å². The Kier molecular flexibility index (Phi) is 4.44. The van der Waals surface area contributed by atoms with Crippen molar-refractivity contribution in [1.82, 2.24) is 24.6 Å². The molecule has 0 aliphatic heterocycles. The zero-order chi connectivity index (χ0) is 19.0. The van der Waals surface area contributed by atoms with Gasteiger partial charge in [0.2, 0.25) is 5.95 Å². The molecule has 8 nitrogen and oxygen atoms in total. The topological polar surface area (TPSA) is 108 Å². The number of anilines is 1. The third-order valence-corrected chi connectivity index (χ3v) is 5.35. The number of carbonyl (C=O) groups excluding carboxylic acids is 1. The number of nitrogens with two attached hydrogens (primary N) is 1. The van der Waals surface area contributed by atoms with Gasteiger partial charge in [-0.25, -0.2) is 9.97 Å². The van der Waals surface area contributed by atoms with Crippen LogP contribution < -0.4 is 5.73 Å². The number of nitrogen functional groups attached to an aromatic ring is 1. The highest BCUT2D eigenvalue weighted by atomic mass is 32.1. The monoisotopic (exact) mass is 382 g/mol. The first kappa shape index (κ1) is 17.3. The maximum atomic E-state index is 12.2. The van der Waals surface area contributed by atoms with Crippen molar-refractivity contribution >= 4 is 39.2 Å². The average molecular weight is 382 g/mol. The summed E-state index contributed by atoms with van der Waals surface area (Å²) in [6.45, 7) is 3.99. The van der Waals surface area contributed by atoms with Gasteiger partial charge in [-0.15, -0.1) is 16.4 Å². The van der Waals surface area contributed by atoms with Crippen LogP contribution in [-0.2, 0) is 22.6 Å². The van der Waals surface area contributed by atoms with Crippen molar-refractivity contribution in [2.24, 2.45) is 0 Å². The van der Waals surface area contributed by atoms with Crippen LogP contribution >= 0.6 is 11.3 Å². The number of nitrogens with zero attached hydrogens (tertiary/aromatic N) is 5. The first-order chi connectivity index (χ1) is 13.0. The summed E-state index contributed by atoms with van der Waals surface area (Å²) < 4.78 is 8.07. The number of esters is 1. The van der Waals surface area contributed by atoms with Gasteiger partial charge in [0.05, 0.1) is 10.2 Å². The van der Waals surface area contributed by atoms with Gasteiger partial charge < -0.3 is 10.5 Å². The minimum Gasteiger partial charge on any atom is -0.458 e. The molecule has 0 aliphatic carbocycles. The molecule has 0 unspecified atom stereocenters. The molecule has 0 fully saturated rings. The summed E-state index contributed by atoms with van der Waals surface area (Å²) in [5, 5.41) is 4.93. The molecule has 0 saturated heterocycles. The molecule has 0 saturated carbocycles. The Morgan fingerprint density at radius 2 is 2.04 bits per heavy atom. The Bertz CT molecular complexity index is 1120. The summed E-state index contributed by atoms with van der Waals surface area (Å²) in [7, 11) is 0. The fourth-order valence-electron chi connectivity index (χ4n) is 3.01. The normalized spacial score (nSPS) is 11.3. The van der Waals surface area contributed by atoms with Crippen molar-refractivity contribution in [2.45, 2.75) is 33.3 Å². The molecule has 0 atom stereocenters. The molecule has 2 N–H and O–H groups in total. The van der Waals surface area contributed by atoms with Gasteiger partial charge >= 0.3 is 5.97 Å². The average Bonchev–Trinajstić information content (AvgIpc) is 3.22. The number of ether oxygens (including phenoxy) is 1. The van der Waals surface area contributed by atoms with Crippen LogP contribution in [0, 0.1) is 13.8 Å². The van der Waals surface area contributed by atoms with E-state index in [1.807, 2.05) is 38.1 Å². The highest BCUT2D eigenvalue weighted by Gasteiger charge is 2.15. The van der Waals surface area contributed by atoms with E-state index < -0.39 is 0 Å². The highest BCUT2D eigenvalue weighted by molar-refractivity contribution is 7.18. The lowest BCUT2D eigenvalue weighted by Gasteiger charge is -2.10. The van der Waals surface area contributed by atoms with Crippen LogP contribution in [0.1, 0.15) is 28.4 Å². The number of fused-ring (bicyclic) bond motifs is 2. The van der Waals surface area contributed by atoms with Crippen LogP contribution in [0.25, 0.3) is 16.0 Å². The van der Waals surface area contributed by atoms with Crippen LogP contribution in [0.3, 0.4) is 0 Å². The summed E-state index contributed by atoms with van der Waals surface area (Å²) in [6, 6.07) is 7.86. The van der Waals surface area contributed by atoms with Crippen LogP contribution in [0.2, 0.25) is 0 Å². The van der Waals surface area contributed by atoms with Crippen LogP contribution in [0.4, 0.5) is 5.95 Å². The SMILES string of the molecule is Cc1nc2nc(N)nn2c(C)c1CCC(=O)OCc1nc2ccccc2s1. The second-order valence-electron chi connectivity index (χ2n) is 6.18. The van der Waals surface area contributed by atoms with E-state index in [0.29, 0.717) is 12.2 Å². The number of benzene rings is 1. The zero-order valence-electron chi connectivity index (χ0n) is 15.0. The summed E-state index contributed by atoms with van der Waals surface area (Å²) in [4.78, 5) is 25.1. The second kappa shape index (κ2) is 6.92. The molecule has 4 rings (SSSR count). The minimum atomic E-state index is -0.272. The number of rotatable bonds is 5. The summed E-state index contributed by atoms with van der Waals surface area (Å²) in [5.41, 5.74) is 9.20. The maximum absolute atomic E-state index is 12.2. The Labute approximate surface area is 159 Å². The number of aryl methyl sites for hydroxylation is 2. The molecule has 27 heavy (non-hydrogen) atoms. The zero-order valence-corrected chi connectivity index (χ0v) is 15.8. The first-order valence-electron chi connectivity index (χ1n) is 8.49. The number of aromatic nitrogens is 5. The van der Waals surface area contributed by atoms with Crippen molar-refractivity contribution in [1.29, 1.82) is 0 Å². The van der Waals surface area contributed by atoms with E-state index in [-0.39, 0.29) is 24.9 Å². The molecule has 3 heterocycles. The Morgan fingerprint density at radius 1 is 1.22 bits per heavy atom. The van der Waals surface area contributed by atoms with E-state index in [0.717, 1.165) is 32.2 Å². The van der Waals surface area contributed by atoms with E-state index in [9.17, 15) is 4.79 Å². The lowest BCUT2D eigenvalue weighted by atomic mass is 10.1. The van der Waals surface area contributed by atoms with E-state index >= 15 is 0 Å². The van der Waals surface area contributed by atoms with Crippen molar-refractivity contribution in [3.63, 3.8) is 0 Å². The Morgan fingerprint density at radius 3 is 2.85 bits per heavy atom. The third-order valence-electron chi connectivity index (χ3n) is 4.34. The molecular formula is C18H18N6O2S. The van der Waals surface area contributed by atoms with Crippen molar-refractivity contribution < 1.29 is 9.53 Å². The molecule has 4 aromatic rings. The predicted octanol–water partition coefficient (Wildman–Crippen LogP) is 2.61. The predicted molar refractivity (Wildman–Crippen MR) is 102 cm³/mol. The number of carbonyl (C=O) groups is 1. The van der Waals surface area contributed by atoms with Crippen molar-refractivity contribution in [3.8, 4) is 0 Å². The highest BCUT2D eigenvalue weighted by Crippen LogP contribution is 2.22. The first-order valence-corrected chi connectivity index (χ1v) is 9.31. The molecule has 0 aliphatic rings. The van der Waals surface area contributed by atoms with E-state index in [1.54, 1.807) is 4.52 Å². The summed E-state index contributed by atoms with van der Waals surface area (Å²) in [6.07, 6.45) is 0.767. The molecule has 0 amide bonds. The lowest BCUT2D eigenvalue weighted by molar-refractivity contribution is -0.144. The number of thiazole rings is 1. The summed E-state index contributed by atoms with van der Waals surface area (Å²) >= 11 is 1.53. The fourth-order valence-corrected chi connectivity index (χ4v) is 3.89. The number of hydrogen-bond donors (Lipinski definition) is 1. The lowest BCUT2D eigenvalue weighted by Crippen LogP contribution is -2.10. The molecule has 138 valence electrons. The van der Waals surface area contributed by atoms with Crippen LogP contribution in [0.15, 0.2) is 24.3 Å². The van der Waals surface area contributed by atoms with Gasteiger partial charge in [0.15, 0.2) is 0 Å². The number of hydrogen-bond acceptors (Lipinski definition) is 8. The number of para-hydroxylation sites is 1. The molecule has 0 spiro atoms. The molecule has 0 radical (unpaired) electrons. The van der Waals surface area contributed by atoms with Crippen molar-refractivity contribution in [2.75, 3.05) is 5.73 Å². The smallest absolute Gasteiger partial charge is 0.306 e. The van der Waals surface area contributed by atoms with Crippen LogP contribution in [0.5, 0.6) is 0 Å². The van der Waals surface area contributed by atoms with E-state index in [1.165, 1.54) is 11.3 Å². The fraction of sp³-hybridized carbons (Fsp3) is 0.278. The molecule has 1 aromatic carbocycles. The van der Waals surface area contributed by atoms with Gasteiger partial charge in [0, 0.05) is 17.8 Å². The Hall–Kier alpha value is -3.07. The standard InChI is InChI=1S/C18H18N6O2S/c1-10-12(11(2)24-18(20-10)22-17(19)23-24)7-8-16(25)26-9-15-21-13-5-3-4-6-14(13)27-15/h3-6H,7-9H2,1-2H3,(H2,19,23). The van der Waals surface area contributed by atoms with Gasteiger partial charge in [0.25, 0.3) is 5.78 Å². The van der Waals surface area contributed by atoms with Gasteiger partial charge in [-0.2, -0.15) is 9.50 Å². The molecule has 3 aromatic heterocycles. The van der Waals surface area contributed by atoms with Crippen LogP contribution in [-0.4, -0.2) is 30.5 Å². The molecule has 0 bridgehead atoms. The largest absolute Gasteiger partial charge is 0.458 e. The van der Waals surface area contributed by atoms with Gasteiger partial charge in [-0.1, -0.05) is 12.1 Å². The Balaban J connectivity index is 1.41. The van der Waals surface area contributed by atoms with Gasteiger partial charge in [-0.05, 0) is 38.0 Å². The van der Waals surface area contributed by atoms with E-state index in [4.69, 9.17) is 10.5 Å². The second-order valence-corrected chi connectivity index (χ2v) is 7.29. The van der Waals surface area contributed by atoms with Crippen molar-refractivity contribution in [3.05, 3.63) is 46.2 Å². The third kappa shape index (κ3) is 3.45. The molecular weight excluding hydrogens is 364 g/mol. The van der Waals surface area contributed by atoms with Gasteiger partial charge in [-0.3, -0.25) is 4.79 Å². The maximum Gasteiger partial charge on any atom is 0.306 e. The quantitative estimate of drug-likeness (QED) is 0.529. The minimum absolute atomic E-state index is 0.178. The van der Waals surface area contributed by atoms with E-state index in [2.05, 4.69) is 20.1 Å².